The number of carbonyl (C=O) groups is 1. The van der Waals surface area contributed by atoms with Crippen LogP contribution >= 0.6 is 0 Å². The number of hydrogen-bond donors (Lipinski definition) is 2. The van der Waals surface area contributed by atoms with E-state index in [1.54, 1.807) is 30.3 Å². The first-order chi connectivity index (χ1) is 14.6. The first-order valence-corrected chi connectivity index (χ1v) is 9.74. The Labute approximate surface area is 170 Å². The molecule has 2 N–H and O–H groups in total. The van der Waals surface area contributed by atoms with Crippen molar-refractivity contribution in [3.8, 4) is 11.3 Å². The van der Waals surface area contributed by atoms with Crippen molar-refractivity contribution in [3.63, 3.8) is 0 Å². The molecule has 0 saturated heterocycles. The van der Waals surface area contributed by atoms with Gasteiger partial charge in [-0.1, -0.05) is 24.3 Å². The van der Waals surface area contributed by atoms with Crippen LogP contribution in [-0.4, -0.2) is 16.1 Å². The number of halogens is 1. The van der Waals surface area contributed by atoms with E-state index in [0.717, 1.165) is 18.5 Å². The molecule has 1 aliphatic carbocycles. The molecule has 1 aliphatic rings. The molecule has 0 atom stereocenters. The zero-order chi connectivity index (χ0) is 20.7. The van der Waals surface area contributed by atoms with Crippen LogP contribution in [-0.2, 0) is 11.2 Å². The average Bonchev–Trinajstić information content (AvgIpc) is 3.49. The van der Waals surface area contributed by atoms with Crippen LogP contribution in [0.2, 0.25) is 0 Å². The van der Waals surface area contributed by atoms with Gasteiger partial charge in [0.05, 0.1) is 17.4 Å². The molecule has 0 aliphatic heterocycles. The molecule has 0 spiro atoms. The van der Waals surface area contributed by atoms with Crippen molar-refractivity contribution in [2.24, 2.45) is 0 Å². The van der Waals surface area contributed by atoms with Gasteiger partial charge in [0.1, 0.15) is 17.2 Å². The number of carbonyl (C=O) groups excluding carboxylic acids is 1. The molecule has 2 heterocycles. The van der Waals surface area contributed by atoms with Gasteiger partial charge in [0.15, 0.2) is 11.2 Å². The second-order valence-electron chi connectivity index (χ2n) is 7.45. The molecule has 7 heteroatoms. The lowest BCUT2D eigenvalue weighted by molar-refractivity contribution is -0.115. The van der Waals surface area contributed by atoms with Gasteiger partial charge >= 0.3 is 0 Å². The van der Waals surface area contributed by atoms with Gasteiger partial charge in [-0.25, -0.2) is 4.39 Å². The minimum Gasteiger partial charge on any atom is -0.456 e. The predicted octanol–water partition coefficient (Wildman–Crippen LogP) is 4.38. The lowest BCUT2D eigenvalue weighted by Gasteiger charge is -2.10. The van der Waals surface area contributed by atoms with Crippen molar-refractivity contribution in [3.05, 3.63) is 81.9 Å². The smallest absolute Gasteiger partial charge is 0.230 e. The molecular weight excluding hydrogens is 385 g/mol. The summed E-state index contributed by atoms with van der Waals surface area (Å²) >= 11 is 0. The topological polar surface area (TPSA) is 88.0 Å². The van der Waals surface area contributed by atoms with Crippen molar-refractivity contribution in [2.45, 2.75) is 25.2 Å². The third-order valence-corrected chi connectivity index (χ3v) is 5.20. The fourth-order valence-electron chi connectivity index (χ4n) is 3.56. The van der Waals surface area contributed by atoms with E-state index in [0.29, 0.717) is 28.3 Å². The maximum atomic E-state index is 13.8. The molecule has 1 saturated carbocycles. The summed E-state index contributed by atoms with van der Waals surface area (Å²) < 4.78 is 19.8. The number of H-pyrrole nitrogens is 1. The van der Waals surface area contributed by atoms with Gasteiger partial charge in [-0.2, -0.15) is 5.10 Å². The average molecular weight is 403 g/mol. The Bertz CT molecular complexity index is 1320. The highest BCUT2D eigenvalue weighted by molar-refractivity contribution is 5.93. The summed E-state index contributed by atoms with van der Waals surface area (Å²) in [6, 6.07) is 14.4. The van der Waals surface area contributed by atoms with Crippen LogP contribution in [0.15, 0.2) is 63.8 Å². The van der Waals surface area contributed by atoms with Gasteiger partial charge in [0, 0.05) is 23.2 Å². The van der Waals surface area contributed by atoms with Gasteiger partial charge in [0.2, 0.25) is 5.91 Å². The maximum Gasteiger partial charge on any atom is 0.230 e. The number of anilines is 1. The largest absolute Gasteiger partial charge is 0.456 e. The number of aromatic nitrogens is 2. The number of nitrogens with zero attached hydrogens (tertiary/aromatic N) is 1. The van der Waals surface area contributed by atoms with E-state index in [1.165, 1.54) is 18.2 Å². The molecule has 0 bridgehead atoms. The standard InChI is InChI=1S/C23H18FN3O3/c24-15-5-3-4-14(10-15)23-17(22(29)16-6-1-2-7-19(16)30-23)11-21(28)25-20-12-18(26-27-20)13-8-9-13/h1-7,10,12-13H,8-9,11H2,(H2,25,26,27,28). The Balaban J connectivity index is 1.52. The highest BCUT2D eigenvalue weighted by Gasteiger charge is 2.26. The summed E-state index contributed by atoms with van der Waals surface area (Å²) in [5.74, 6) is 0.232. The summed E-state index contributed by atoms with van der Waals surface area (Å²) in [6.07, 6.45) is 2.01. The van der Waals surface area contributed by atoms with E-state index in [9.17, 15) is 14.0 Å². The van der Waals surface area contributed by atoms with Crippen molar-refractivity contribution in [1.29, 1.82) is 0 Å². The predicted molar refractivity (Wildman–Crippen MR) is 111 cm³/mol. The molecule has 2 aromatic heterocycles. The zero-order valence-corrected chi connectivity index (χ0v) is 15.9. The van der Waals surface area contributed by atoms with Crippen LogP contribution in [0.25, 0.3) is 22.3 Å². The molecule has 0 unspecified atom stereocenters. The summed E-state index contributed by atoms with van der Waals surface area (Å²) in [6.45, 7) is 0. The fourth-order valence-corrected chi connectivity index (χ4v) is 3.56. The Morgan fingerprint density at radius 1 is 1.17 bits per heavy atom. The zero-order valence-electron chi connectivity index (χ0n) is 15.9. The minimum atomic E-state index is -0.456. The molecule has 0 radical (unpaired) electrons. The summed E-state index contributed by atoms with van der Waals surface area (Å²) in [4.78, 5) is 25.8. The van der Waals surface area contributed by atoms with E-state index in [2.05, 4.69) is 15.5 Å². The van der Waals surface area contributed by atoms with E-state index in [4.69, 9.17) is 4.42 Å². The van der Waals surface area contributed by atoms with Gasteiger partial charge < -0.3 is 9.73 Å². The molecule has 4 aromatic rings. The Morgan fingerprint density at radius 3 is 2.80 bits per heavy atom. The van der Waals surface area contributed by atoms with E-state index in [-0.39, 0.29) is 23.2 Å². The Hall–Kier alpha value is -3.74. The first kappa shape index (κ1) is 18.3. The van der Waals surface area contributed by atoms with Crippen LogP contribution in [0.1, 0.15) is 30.0 Å². The number of nitrogens with one attached hydrogen (secondary N) is 2. The number of para-hydroxylation sites is 1. The normalized spacial score (nSPS) is 13.5. The summed E-state index contributed by atoms with van der Waals surface area (Å²) in [5, 5.41) is 10.1. The second-order valence-corrected chi connectivity index (χ2v) is 7.45. The number of aromatic amines is 1. The quantitative estimate of drug-likeness (QED) is 0.518. The molecule has 150 valence electrons. The van der Waals surface area contributed by atoms with Gasteiger partial charge in [-0.15, -0.1) is 0 Å². The Morgan fingerprint density at radius 2 is 2.00 bits per heavy atom. The number of hydrogen-bond acceptors (Lipinski definition) is 4. The number of benzene rings is 2. The molecule has 30 heavy (non-hydrogen) atoms. The summed E-state index contributed by atoms with van der Waals surface area (Å²) in [7, 11) is 0. The lowest BCUT2D eigenvalue weighted by Crippen LogP contribution is -2.21. The SMILES string of the molecule is O=C(Cc1c(-c2cccc(F)c2)oc2ccccc2c1=O)Nc1cc(C2CC2)[nH]n1. The molecule has 1 amide bonds. The van der Waals surface area contributed by atoms with Gasteiger partial charge in [-0.05, 0) is 37.1 Å². The van der Waals surface area contributed by atoms with Crippen molar-refractivity contribution >= 4 is 22.7 Å². The van der Waals surface area contributed by atoms with Gasteiger partial charge in [-0.3, -0.25) is 14.7 Å². The number of amides is 1. The van der Waals surface area contributed by atoms with Crippen LogP contribution in [0.4, 0.5) is 10.2 Å². The van der Waals surface area contributed by atoms with Crippen molar-refractivity contribution < 1.29 is 13.6 Å². The minimum absolute atomic E-state index is 0.176. The first-order valence-electron chi connectivity index (χ1n) is 9.74. The van der Waals surface area contributed by atoms with E-state index < -0.39 is 11.7 Å². The third-order valence-electron chi connectivity index (χ3n) is 5.20. The van der Waals surface area contributed by atoms with E-state index >= 15 is 0 Å². The third kappa shape index (κ3) is 3.50. The second kappa shape index (κ2) is 7.26. The lowest BCUT2D eigenvalue weighted by atomic mass is 10.0. The van der Waals surface area contributed by atoms with Crippen LogP contribution in [0.3, 0.4) is 0 Å². The number of fused-ring (bicyclic) bond motifs is 1. The monoisotopic (exact) mass is 403 g/mol. The number of rotatable bonds is 5. The van der Waals surface area contributed by atoms with Crippen molar-refractivity contribution in [1.82, 2.24) is 10.2 Å². The van der Waals surface area contributed by atoms with E-state index in [1.807, 2.05) is 6.07 Å². The fraction of sp³-hybridized carbons (Fsp3) is 0.174. The van der Waals surface area contributed by atoms with Crippen LogP contribution in [0, 0.1) is 5.82 Å². The maximum absolute atomic E-state index is 13.8. The highest BCUT2D eigenvalue weighted by Crippen LogP contribution is 2.39. The molecule has 2 aromatic carbocycles. The van der Waals surface area contributed by atoms with Crippen LogP contribution < -0.4 is 10.7 Å². The molecule has 6 nitrogen and oxygen atoms in total. The van der Waals surface area contributed by atoms with Gasteiger partial charge in [0.25, 0.3) is 0 Å². The molecular formula is C23H18FN3O3. The Kier molecular flexibility index (Phi) is 4.43. The van der Waals surface area contributed by atoms with Crippen LogP contribution in [0.5, 0.6) is 0 Å². The van der Waals surface area contributed by atoms with Crippen molar-refractivity contribution in [2.75, 3.05) is 5.32 Å². The molecule has 1 fully saturated rings. The highest BCUT2D eigenvalue weighted by atomic mass is 19.1. The molecule has 5 rings (SSSR count). The summed E-state index contributed by atoms with van der Waals surface area (Å²) in [5.41, 5.74) is 1.64.